The van der Waals surface area contributed by atoms with Gasteiger partial charge in [0.05, 0.1) is 12.3 Å². The van der Waals surface area contributed by atoms with Gasteiger partial charge in [-0.1, -0.05) is 23.7 Å². The first-order valence-corrected chi connectivity index (χ1v) is 12.0. The van der Waals surface area contributed by atoms with Gasteiger partial charge in [0.15, 0.2) is 5.89 Å². The Morgan fingerprint density at radius 2 is 1.84 bits per heavy atom. The van der Waals surface area contributed by atoms with Crippen LogP contribution in [0.3, 0.4) is 0 Å². The quantitative estimate of drug-likeness (QED) is 0.664. The Labute approximate surface area is 195 Å². The number of morpholine rings is 1. The molecule has 1 aliphatic carbocycles. The second-order valence-electron chi connectivity index (χ2n) is 9.43. The van der Waals surface area contributed by atoms with Gasteiger partial charge in [-0.2, -0.15) is 0 Å². The van der Waals surface area contributed by atoms with Gasteiger partial charge in [0.25, 0.3) is 5.91 Å². The van der Waals surface area contributed by atoms with Crippen molar-refractivity contribution < 1.29 is 13.9 Å². The van der Waals surface area contributed by atoms with Crippen molar-refractivity contribution in [3.8, 4) is 0 Å². The van der Waals surface area contributed by atoms with Crippen LogP contribution in [0.15, 0.2) is 28.7 Å². The smallest absolute Gasteiger partial charge is 0.252 e. The van der Waals surface area contributed by atoms with E-state index in [1.54, 1.807) is 19.0 Å². The number of likely N-dealkylation sites (N-methyl/N-ethyl adjacent to an activating group) is 1. The summed E-state index contributed by atoms with van der Waals surface area (Å²) < 4.78 is 12.0. The van der Waals surface area contributed by atoms with E-state index >= 15 is 0 Å². The molecule has 0 N–H and O–H groups in total. The molecular formula is C25H34ClN3O3. The average molecular weight is 460 g/mol. The van der Waals surface area contributed by atoms with Gasteiger partial charge in [-0.05, 0) is 63.6 Å². The van der Waals surface area contributed by atoms with Gasteiger partial charge in [-0.3, -0.25) is 9.69 Å². The number of ether oxygens (including phenoxy) is 1. The highest BCUT2D eigenvalue weighted by atomic mass is 35.5. The molecule has 2 aromatic rings. The lowest BCUT2D eigenvalue weighted by atomic mass is 9.84. The largest absolute Gasteiger partial charge is 0.445 e. The van der Waals surface area contributed by atoms with Crippen molar-refractivity contribution >= 4 is 17.5 Å². The minimum absolute atomic E-state index is 0.0411. The van der Waals surface area contributed by atoms with Crippen molar-refractivity contribution in [1.82, 2.24) is 14.8 Å². The minimum Gasteiger partial charge on any atom is -0.445 e. The van der Waals surface area contributed by atoms with Crippen LogP contribution in [0, 0.1) is 13.8 Å². The number of carbonyl (C=O) groups is 1. The number of aromatic nitrogens is 1. The molecule has 4 rings (SSSR count). The summed E-state index contributed by atoms with van der Waals surface area (Å²) in [6.07, 6.45) is 4.75. The number of nitrogens with zero attached hydrogens (tertiary/aromatic N) is 3. The van der Waals surface area contributed by atoms with Crippen molar-refractivity contribution in [3.63, 3.8) is 0 Å². The predicted octanol–water partition coefficient (Wildman–Crippen LogP) is 4.37. The lowest BCUT2D eigenvalue weighted by molar-refractivity contribution is -0.153. The number of benzene rings is 1. The van der Waals surface area contributed by atoms with Crippen LogP contribution >= 0.6 is 11.6 Å². The average Bonchev–Trinajstić information content (AvgIpc) is 3.13. The van der Waals surface area contributed by atoms with E-state index in [2.05, 4.69) is 22.0 Å². The number of aryl methyl sites for hydroxylation is 2. The van der Waals surface area contributed by atoms with Gasteiger partial charge >= 0.3 is 0 Å². The van der Waals surface area contributed by atoms with Crippen molar-refractivity contribution in [1.29, 1.82) is 0 Å². The number of halogens is 1. The molecule has 1 amide bonds. The molecule has 0 bridgehead atoms. The first-order chi connectivity index (χ1) is 15.3. The van der Waals surface area contributed by atoms with E-state index in [1.165, 1.54) is 5.56 Å². The topological polar surface area (TPSA) is 58.8 Å². The van der Waals surface area contributed by atoms with Crippen LogP contribution in [0.5, 0.6) is 0 Å². The fraction of sp³-hybridized carbons (Fsp3) is 0.600. The highest BCUT2D eigenvalue weighted by Gasteiger charge is 2.39. The van der Waals surface area contributed by atoms with Crippen LogP contribution in [0.4, 0.5) is 0 Å². The Bertz CT molecular complexity index is 900. The molecule has 2 heterocycles. The maximum atomic E-state index is 12.6. The molecule has 2 aliphatic rings. The fourth-order valence-corrected chi connectivity index (χ4v) is 5.12. The molecule has 1 aromatic heterocycles. The number of hydrogen-bond acceptors (Lipinski definition) is 5. The summed E-state index contributed by atoms with van der Waals surface area (Å²) in [5.41, 5.74) is 2.23. The maximum absolute atomic E-state index is 12.6. The number of hydrogen-bond donors (Lipinski definition) is 0. The Balaban J connectivity index is 1.46. The van der Waals surface area contributed by atoms with Gasteiger partial charge in [-0.25, -0.2) is 4.98 Å². The van der Waals surface area contributed by atoms with Crippen LogP contribution in [0.2, 0.25) is 5.02 Å². The lowest BCUT2D eigenvalue weighted by Gasteiger charge is -2.46. The van der Waals surface area contributed by atoms with Crippen molar-refractivity contribution in [2.24, 2.45) is 0 Å². The highest BCUT2D eigenvalue weighted by molar-refractivity contribution is 6.30. The SMILES string of the molecule is Cc1nc(C2CCC(N3C[C@H](C(=O)N(C)C)OCC3Cc3ccc(Cl)cc3)CC2)oc1C. The first kappa shape index (κ1) is 23.3. The number of rotatable bonds is 5. The Morgan fingerprint density at radius 3 is 2.44 bits per heavy atom. The first-order valence-electron chi connectivity index (χ1n) is 11.6. The Morgan fingerprint density at radius 1 is 1.16 bits per heavy atom. The molecule has 7 heteroatoms. The van der Waals surface area contributed by atoms with Gasteiger partial charge in [0.2, 0.25) is 0 Å². The summed E-state index contributed by atoms with van der Waals surface area (Å²) in [6, 6.07) is 8.73. The molecule has 6 nitrogen and oxygen atoms in total. The molecule has 174 valence electrons. The number of carbonyl (C=O) groups excluding carboxylic acids is 1. The molecule has 0 radical (unpaired) electrons. The molecule has 32 heavy (non-hydrogen) atoms. The summed E-state index contributed by atoms with van der Waals surface area (Å²) >= 11 is 6.07. The van der Waals surface area contributed by atoms with Crippen LogP contribution in [-0.4, -0.2) is 66.1 Å². The third kappa shape index (κ3) is 5.19. The summed E-state index contributed by atoms with van der Waals surface area (Å²) in [6.45, 7) is 5.19. The summed E-state index contributed by atoms with van der Waals surface area (Å²) in [7, 11) is 3.59. The normalized spacial score (nSPS) is 26.8. The van der Waals surface area contributed by atoms with Gasteiger partial charge in [-0.15, -0.1) is 0 Å². The van der Waals surface area contributed by atoms with Crippen LogP contribution in [0.25, 0.3) is 0 Å². The van der Waals surface area contributed by atoms with Gasteiger partial charge in [0, 0.05) is 43.7 Å². The zero-order valence-corrected chi connectivity index (χ0v) is 20.3. The van der Waals surface area contributed by atoms with E-state index in [1.807, 2.05) is 26.0 Å². The minimum atomic E-state index is -0.402. The molecule has 1 unspecified atom stereocenters. The molecule has 2 fully saturated rings. The highest BCUT2D eigenvalue weighted by Crippen LogP contribution is 2.37. The van der Waals surface area contributed by atoms with E-state index < -0.39 is 6.10 Å². The summed E-state index contributed by atoms with van der Waals surface area (Å²) in [4.78, 5) is 21.4. The van der Waals surface area contributed by atoms with Crippen molar-refractivity contribution in [2.45, 2.75) is 70.1 Å². The molecule has 1 saturated heterocycles. The van der Waals surface area contributed by atoms with E-state index in [9.17, 15) is 4.79 Å². The zero-order valence-electron chi connectivity index (χ0n) is 19.5. The fourth-order valence-electron chi connectivity index (χ4n) is 5.00. The molecule has 0 spiro atoms. The maximum Gasteiger partial charge on any atom is 0.252 e. The van der Waals surface area contributed by atoms with Gasteiger partial charge in [0.1, 0.15) is 11.9 Å². The molecule has 1 aromatic carbocycles. The van der Waals surface area contributed by atoms with Crippen LogP contribution < -0.4 is 0 Å². The number of amides is 1. The van der Waals surface area contributed by atoms with E-state index in [0.29, 0.717) is 25.1 Å². The van der Waals surface area contributed by atoms with E-state index in [4.69, 9.17) is 20.8 Å². The number of oxazole rings is 1. The van der Waals surface area contributed by atoms with E-state index in [0.717, 1.165) is 54.5 Å². The molecule has 2 atom stereocenters. The molecule has 1 aliphatic heterocycles. The van der Waals surface area contributed by atoms with Crippen molar-refractivity contribution in [2.75, 3.05) is 27.2 Å². The standard InChI is InChI=1S/C25H34ClN3O3/c1-16-17(2)32-24(27-16)19-7-11-21(12-8-19)29-14-23(25(30)28(3)4)31-15-22(29)13-18-5-9-20(26)10-6-18/h5-6,9-10,19,21-23H,7-8,11-15H2,1-4H3/t19?,21?,22?,23-/m1/s1. The van der Waals surface area contributed by atoms with Crippen LogP contribution in [0.1, 0.15) is 54.5 Å². The molecular weight excluding hydrogens is 426 g/mol. The van der Waals surface area contributed by atoms with Gasteiger partial charge < -0.3 is 14.1 Å². The Hall–Kier alpha value is -1.89. The third-order valence-electron chi connectivity index (χ3n) is 7.00. The molecule has 1 saturated carbocycles. The summed E-state index contributed by atoms with van der Waals surface area (Å²) in [5, 5.41) is 0.748. The third-order valence-corrected chi connectivity index (χ3v) is 7.25. The van der Waals surface area contributed by atoms with E-state index in [-0.39, 0.29) is 11.9 Å². The Kier molecular flexibility index (Phi) is 7.23. The second-order valence-corrected chi connectivity index (χ2v) is 9.87. The summed E-state index contributed by atoms with van der Waals surface area (Å²) in [5.74, 6) is 2.23. The van der Waals surface area contributed by atoms with Crippen LogP contribution in [-0.2, 0) is 16.0 Å². The van der Waals surface area contributed by atoms with Crippen molar-refractivity contribution in [3.05, 3.63) is 52.2 Å². The monoisotopic (exact) mass is 459 g/mol. The predicted molar refractivity (Wildman–Crippen MR) is 125 cm³/mol. The zero-order chi connectivity index (χ0) is 22.8. The second kappa shape index (κ2) is 9.94. The lowest BCUT2D eigenvalue weighted by Crippen LogP contribution is -2.58.